The second kappa shape index (κ2) is 37.6. The van der Waals surface area contributed by atoms with Crippen molar-refractivity contribution in [3.05, 3.63) is 36.5 Å². The fraction of sp³-hybridized carbons (Fsp3) is 0.805. The third-order valence-corrected chi connectivity index (χ3v) is 8.19. The zero-order valence-corrected chi connectivity index (χ0v) is 30.6. The van der Waals surface area contributed by atoms with Crippen LogP contribution in [0.3, 0.4) is 0 Å². The fourth-order valence-corrected chi connectivity index (χ4v) is 5.29. The van der Waals surface area contributed by atoms with Gasteiger partial charge in [0.15, 0.2) is 6.10 Å². The number of hydrogen-bond acceptors (Lipinski definition) is 5. The van der Waals surface area contributed by atoms with Crippen LogP contribution in [0.25, 0.3) is 0 Å². The highest BCUT2D eigenvalue weighted by atomic mass is 16.6. The Balaban J connectivity index is 4.16. The lowest BCUT2D eigenvalue weighted by Gasteiger charge is -2.18. The maximum atomic E-state index is 12.5. The van der Waals surface area contributed by atoms with Gasteiger partial charge in [0.2, 0.25) is 0 Å². The fourth-order valence-electron chi connectivity index (χ4n) is 5.29. The first-order chi connectivity index (χ1) is 22.6. The molecule has 0 aliphatic carbocycles. The molecule has 0 radical (unpaired) electrons. The van der Waals surface area contributed by atoms with Crippen molar-refractivity contribution >= 4 is 11.9 Å². The molecule has 46 heavy (non-hydrogen) atoms. The van der Waals surface area contributed by atoms with Crippen molar-refractivity contribution < 1.29 is 23.8 Å². The van der Waals surface area contributed by atoms with E-state index in [0.29, 0.717) is 19.4 Å². The number of hydrogen-bond donors (Lipinski definition) is 0. The van der Waals surface area contributed by atoms with Crippen LogP contribution in [0.4, 0.5) is 0 Å². The van der Waals surface area contributed by atoms with Gasteiger partial charge in [0.25, 0.3) is 0 Å². The van der Waals surface area contributed by atoms with E-state index in [4.69, 9.17) is 14.2 Å². The third-order valence-electron chi connectivity index (χ3n) is 8.19. The Bertz CT molecular complexity index is 741. The largest absolute Gasteiger partial charge is 0.462 e. The smallest absolute Gasteiger partial charge is 0.306 e. The number of esters is 2. The summed E-state index contributed by atoms with van der Waals surface area (Å²) in [6.07, 6.45) is 41.4. The van der Waals surface area contributed by atoms with Gasteiger partial charge in [-0.3, -0.25) is 9.59 Å². The predicted octanol–water partition coefficient (Wildman–Crippen LogP) is 12.3. The van der Waals surface area contributed by atoms with Crippen LogP contribution in [-0.4, -0.2) is 37.9 Å². The molecule has 0 aromatic heterocycles. The van der Waals surface area contributed by atoms with Gasteiger partial charge < -0.3 is 14.2 Å². The van der Waals surface area contributed by atoms with Crippen molar-refractivity contribution in [1.82, 2.24) is 0 Å². The van der Waals surface area contributed by atoms with E-state index >= 15 is 0 Å². The van der Waals surface area contributed by atoms with E-state index in [9.17, 15) is 9.59 Å². The summed E-state index contributed by atoms with van der Waals surface area (Å²) in [4.78, 5) is 24.9. The molecule has 0 aliphatic rings. The molecule has 0 aromatic rings. The Morgan fingerprint density at radius 3 is 1.57 bits per heavy atom. The standard InChI is InChI=1S/C41H74O5/c1-4-7-10-13-16-18-19-20-21-22-23-25-26-28-31-34-40(42)45-38-39(37-44-36-33-30-15-12-9-6-3)46-41(43)35-32-29-27-24-17-14-11-8-5-2/h7,10,16,18,20-21,39H,4-6,8-9,11-15,17,19,22-38H2,1-3H3/b10-7-,18-16-,21-20-. The molecule has 0 saturated carbocycles. The summed E-state index contributed by atoms with van der Waals surface area (Å²) in [6, 6.07) is 0. The number of allylic oxidation sites excluding steroid dienone is 6. The first-order valence-electron chi connectivity index (χ1n) is 19.5. The van der Waals surface area contributed by atoms with E-state index in [1.165, 1.54) is 83.5 Å². The lowest BCUT2D eigenvalue weighted by atomic mass is 10.1. The third kappa shape index (κ3) is 35.0. The average molecular weight is 647 g/mol. The highest BCUT2D eigenvalue weighted by Gasteiger charge is 2.17. The lowest BCUT2D eigenvalue weighted by molar-refractivity contribution is -0.163. The topological polar surface area (TPSA) is 61.8 Å². The molecule has 1 atom stereocenters. The monoisotopic (exact) mass is 647 g/mol. The van der Waals surface area contributed by atoms with Gasteiger partial charge in [0.1, 0.15) is 6.61 Å². The number of ether oxygens (including phenoxy) is 3. The Kier molecular flexibility index (Phi) is 36.0. The van der Waals surface area contributed by atoms with Crippen LogP contribution in [0.2, 0.25) is 0 Å². The van der Waals surface area contributed by atoms with Gasteiger partial charge in [0.05, 0.1) is 6.61 Å². The van der Waals surface area contributed by atoms with Crippen molar-refractivity contribution in [3.63, 3.8) is 0 Å². The molecule has 5 nitrogen and oxygen atoms in total. The van der Waals surface area contributed by atoms with E-state index in [1.54, 1.807) is 0 Å². The van der Waals surface area contributed by atoms with Crippen molar-refractivity contribution in [2.75, 3.05) is 19.8 Å². The molecule has 0 N–H and O–H groups in total. The van der Waals surface area contributed by atoms with E-state index in [1.807, 2.05) is 0 Å². The van der Waals surface area contributed by atoms with Crippen LogP contribution in [-0.2, 0) is 23.8 Å². The van der Waals surface area contributed by atoms with Crippen LogP contribution < -0.4 is 0 Å². The maximum Gasteiger partial charge on any atom is 0.306 e. The molecular formula is C41H74O5. The molecule has 0 fully saturated rings. The summed E-state index contributed by atoms with van der Waals surface area (Å²) in [7, 11) is 0. The second-order valence-electron chi connectivity index (χ2n) is 12.8. The van der Waals surface area contributed by atoms with Gasteiger partial charge in [-0.25, -0.2) is 0 Å². The molecule has 0 bridgehead atoms. The molecule has 0 aliphatic heterocycles. The van der Waals surface area contributed by atoms with E-state index in [-0.39, 0.29) is 25.2 Å². The van der Waals surface area contributed by atoms with E-state index in [0.717, 1.165) is 70.6 Å². The summed E-state index contributed by atoms with van der Waals surface area (Å²) < 4.78 is 17.1. The second-order valence-corrected chi connectivity index (χ2v) is 12.8. The van der Waals surface area contributed by atoms with Gasteiger partial charge in [-0.15, -0.1) is 0 Å². The summed E-state index contributed by atoms with van der Waals surface area (Å²) >= 11 is 0. The zero-order chi connectivity index (χ0) is 33.6. The Hall–Kier alpha value is -1.88. The van der Waals surface area contributed by atoms with Crippen LogP contribution in [0.5, 0.6) is 0 Å². The Morgan fingerprint density at radius 2 is 0.978 bits per heavy atom. The van der Waals surface area contributed by atoms with E-state index in [2.05, 4.69) is 57.2 Å². The lowest BCUT2D eigenvalue weighted by Crippen LogP contribution is -2.30. The molecule has 0 aromatic carbocycles. The Morgan fingerprint density at radius 1 is 0.500 bits per heavy atom. The summed E-state index contributed by atoms with van der Waals surface area (Å²) in [5.74, 6) is -0.421. The molecule has 1 unspecified atom stereocenters. The van der Waals surface area contributed by atoms with Gasteiger partial charge in [-0.05, 0) is 51.4 Å². The summed E-state index contributed by atoms with van der Waals surface area (Å²) in [5.41, 5.74) is 0. The first kappa shape index (κ1) is 44.1. The molecule has 268 valence electrons. The highest BCUT2D eigenvalue weighted by Crippen LogP contribution is 2.13. The van der Waals surface area contributed by atoms with Crippen LogP contribution >= 0.6 is 0 Å². The SMILES string of the molecule is CC/C=C\C/C=C\C/C=C\CCCCCCCC(=O)OCC(COCCCCCCCC)OC(=O)CCCCCCCCCCC. The summed E-state index contributed by atoms with van der Waals surface area (Å²) in [5, 5.41) is 0. The molecular weight excluding hydrogens is 572 g/mol. The van der Waals surface area contributed by atoms with Crippen LogP contribution in [0.1, 0.15) is 188 Å². The predicted molar refractivity (Wildman–Crippen MR) is 196 cm³/mol. The maximum absolute atomic E-state index is 12.5. The van der Waals surface area contributed by atoms with Crippen molar-refractivity contribution in [2.45, 2.75) is 194 Å². The van der Waals surface area contributed by atoms with E-state index < -0.39 is 6.10 Å². The highest BCUT2D eigenvalue weighted by molar-refractivity contribution is 5.70. The minimum Gasteiger partial charge on any atom is -0.462 e. The average Bonchev–Trinajstić information content (AvgIpc) is 3.05. The molecule has 0 heterocycles. The quantitative estimate of drug-likeness (QED) is 0.0389. The normalized spacial score (nSPS) is 12.5. The Labute approximate surface area is 285 Å². The number of carbonyl (C=O) groups excluding carboxylic acids is 2. The molecule has 0 saturated heterocycles. The minimum atomic E-state index is -0.531. The number of carbonyl (C=O) groups is 2. The van der Waals surface area contributed by atoms with Gasteiger partial charge in [-0.1, -0.05) is 160 Å². The first-order valence-corrected chi connectivity index (χ1v) is 19.5. The molecule has 0 spiro atoms. The number of rotatable bonds is 35. The van der Waals surface area contributed by atoms with Crippen LogP contribution in [0.15, 0.2) is 36.5 Å². The minimum absolute atomic E-state index is 0.0792. The van der Waals surface area contributed by atoms with Gasteiger partial charge in [0, 0.05) is 19.4 Å². The van der Waals surface area contributed by atoms with Crippen LogP contribution in [0, 0.1) is 0 Å². The number of unbranched alkanes of at least 4 members (excludes halogenated alkanes) is 18. The van der Waals surface area contributed by atoms with Gasteiger partial charge >= 0.3 is 11.9 Å². The molecule has 0 rings (SSSR count). The van der Waals surface area contributed by atoms with Crippen molar-refractivity contribution in [1.29, 1.82) is 0 Å². The molecule has 0 amide bonds. The molecule has 5 heteroatoms. The summed E-state index contributed by atoms with van der Waals surface area (Å²) in [6.45, 7) is 7.64. The van der Waals surface area contributed by atoms with Gasteiger partial charge in [-0.2, -0.15) is 0 Å². The zero-order valence-electron chi connectivity index (χ0n) is 30.6. The van der Waals surface area contributed by atoms with Crippen molar-refractivity contribution in [2.24, 2.45) is 0 Å². The van der Waals surface area contributed by atoms with Crippen molar-refractivity contribution in [3.8, 4) is 0 Å².